The molecule has 0 unspecified atom stereocenters. The van der Waals surface area contributed by atoms with Gasteiger partial charge in [0.15, 0.2) is 11.5 Å². The Morgan fingerprint density at radius 3 is 2.87 bits per heavy atom. The van der Waals surface area contributed by atoms with Gasteiger partial charge in [0.2, 0.25) is 0 Å². The van der Waals surface area contributed by atoms with Crippen LogP contribution in [0.2, 0.25) is 0 Å². The molecule has 0 aliphatic rings. The monoisotopic (exact) mass is 390 g/mol. The summed E-state index contributed by atoms with van der Waals surface area (Å²) in [5.74, 6) is 0.701. The summed E-state index contributed by atoms with van der Waals surface area (Å²) in [6, 6.07) is 11.9. The van der Waals surface area contributed by atoms with Crippen molar-refractivity contribution in [2.24, 2.45) is 5.73 Å². The molecule has 0 saturated carbocycles. The second-order valence-electron chi connectivity index (χ2n) is 5.01. The minimum absolute atomic E-state index is 0.307. The van der Waals surface area contributed by atoms with E-state index >= 15 is 0 Å². The number of halogens is 1. The maximum atomic E-state index is 5.82. The molecule has 0 fully saturated rings. The molecule has 2 aromatic heterocycles. The molecule has 2 N–H and O–H groups in total. The van der Waals surface area contributed by atoms with Gasteiger partial charge in [-0.15, -0.1) is 0 Å². The second-order valence-corrected chi connectivity index (χ2v) is 6.37. The normalized spacial score (nSPS) is 11.0. The molecule has 0 atom stereocenters. The van der Waals surface area contributed by atoms with Crippen LogP contribution in [0.15, 0.2) is 40.9 Å². The van der Waals surface area contributed by atoms with Crippen molar-refractivity contribution >= 4 is 38.8 Å². The highest BCUT2D eigenvalue weighted by Crippen LogP contribution is 2.25. The van der Waals surface area contributed by atoms with Crippen LogP contribution >= 0.6 is 28.1 Å². The van der Waals surface area contributed by atoms with Crippen molar-refractivity contribution in [1.82, 2.24) is 14.6 Å². The Hall–Kier alpha value is -1.83. The predicted octanol–water partition coefficient (Wildman–Crippen LogP) is 2.98. The fourth-order valence-corrected chi connectivity index (χ4v) is 2.92. The van der Waals surface area contributed by atoms with Gasteiger partial charge >= 0.3 is 0 Å². The van der Waals surface area contributed by atoms with E-state index in [1.165, 1.54) is 0 Å². The van der Waals surface area contributed by atoms with Crippen LogP contribution in [0.3, 0.4) is 0 Å². The van der Waals surface area contributed by atoms with Crippen LogP contribution in [0.1, 0.15) is 11.4 Å². The molecule has 0 amide bonds. The molecular weight excluding hydrogens is 376 g/mol. The highest BCUT2D eigenvalue weighted by atomic mass is 79.9. The average Bonchev–Trinajstić information content (AvgIpc) is 2.95. The van der Waals surface area contributed by atoms with E-state index in [1.807, 2.05) is 36.4 Å². The highest BCUT2D eigenvalue weighted by molar-refractivity contribution is 9.10. The first kappa shape index (κ1) is 16.0. The third kappa shape index (κ3) is 3.26. The number of ether oxygens (including phenoxy) is 1. The molecule has 118 valence electrons. The van der Waals surface area contributed by atoms with E-state index in [0.717, 1.165) is 21.3 Å². The smallest absolute Gasteiger partial charge is 0.166 e. The van der Waals surface area contributed by atoms with Gasteiger partial charge in [-0.3, -0.25) is 0 Å². The number of hydrogen-bond acceptors (Lipinski definition) is 4. The van der Waals surface area contributed by atoms with Gasteiger partial charge in [0.05, 0.1) is 17.9 Å². The third-order valence-corrected chi connectivity index (χ3v) is 4.16. The Balaban J connectivity index is 2.20. The van der Waals surface area contributed by atoms with Crippen LogP contribution in [0.5, 0.6) is 0 Å². The first-order chi connectivity index (χ1) is 11.1. The number of pyridine rings is 1. The number of methoxy groups -OCH3 is 1. The van der Waals surface area contributed by atoms with E-state index in [2.05, 4.69) is 26.0 Å². The highest BCUT2D eigenvalue weighted by Gasteiger charge is 2.14. The van der Waals surface area contributed by atoms with Crippen molar-refractivity contribution in [3.8, 4) is 11.3 Å². The maximum absolute atomic E-state index is 5.82. The number of fused-ring (bicyclic) bond motifs is 1. The maximum Gasteiger partial charge on any atom is 0.166 e. The summed E-state index contributed by atoms with van der Waals surface area (Å²) < 4.78 is 7.90. The molecule has 3 rings (SSSR count). The zero-order chi connectivity index (χ0) is 16.4. The van der Waals surface area contributed by atoms with Crippen LogP contribution in [0, 0.1) is 0 Å². The van der Waals surface area contributed by atoms with Gasteiger partial charge in [-0.25, -0.2) is 9.50 Å². The average molecular weight is 391 g/mol. The molecular formula is C16H15BrN4OS. The topological polar surface area (TPSA) is 65.4 Å². The Bertz CT molecular complexity index is 878. The molecule has 0 aliphatic heterocycles. The van der Waals surface area contributed by atoms with Gasteiger partial charge in [-0.05, 0) is 24.3 Å². The molecule has 23 heavy (non-hydrogen) atoms. The van der Waals surface area contributed by atoms with Gasteiger partial charge in [-0.2, -0.15) is 5.10 Å². The summed E-state index contributed by atoms with van der Waals surface area (Å²) in [4.78, 5) is 4.88. The van der Waals surface area contributed by atoms with Crippen molar-refractivity contribution in [2.75, 3.05) is 13.7 Å². The number of hydrogen-bond donors (Lipinski definition) is 1. The van der Waals surface area contributed by atoms with Crippen molar-refractivity contribution in [2.45, 2.75) is 6.42 Å². The summed E-state index contributed by atoms with van der Waals surface area (Å²) >= 11 is 8.63. The van der Waals surface area contributed by atoms with Crippen LogP contribution < -0.4 is 5.73 Å². The summed E-state index contributed by atoms with van der Waals surface area (Å²) in [7, 11) is 1.66. The van der Waals surface area contributed by atoms with Gasteiger partial charge in [-0.1, -0.05) is 40.3 Å². The number of thiocarbonyl (C=S) groups is 1. The summed E-state index contributed by atoms with van der Waals surface area (Å²) in [6.45, 7) is 0.561. The van der Waals surface area contributed by atoms with E-state index in [0.29, 0.717) is 29.5 Å². The van der Waals surface area contributed by atoms with E-state index in [1.54, 1.807) is 11.6 Å². The number of aromatic nitrogens is 3. The third-order valence-electron chi connectivity index (χ3n) is 3.44. The lowest BCUT2D eigenvalue weighted by molar-refractivity contribution is 0.200. The Morgan fingerprint density at radius 1 is 1.35 bits per heavy atom. The quantitative estimate of drug-likeness (QED) is 0.678. The fraction of sp³-hybridized carbons (Fsp3) is 0.188. The van der Waals surface area contributed by atoms with Crippen LogP contribution in [-0.4, -0.2) is 33.3 Å². The lowest BCUT2D eigenvalue weighted by atomic mass is 10.1. The van der Waals surface area contributed by atoms with Crippen molar-refractivity contribution in [1.29, 1.82) is 0 Å². The van der Waals surface area contributed by atoms with Crippen molar-refractivity contribution < 1.29 is 4.74 Å². The lowest BCUT2D eigenvalue weighted by Gasteiger charge is -2.07. The van der Waals surface area contributed by atoms with Gasteiger partial charge < -0.3 is 10.5 Å². The van der Waals surface area contributed by atoms with Crippen molar-refractivity contribution in [3.63, 3.8) is 0 Å². The summed E-state index contributed by atoms with van der Waals surface area (Å²) in [5, 5.41) is 4.59. The van der Waals surface area contributed by atoms with E-state index in [4.69, 9.17) is 22.7 Å². The van der Waals surface area contributed by atoms with Gasteiger partial charge in [0, 0.05) is 23.6 Å². The van der Waals surface area contributed by atoms with Crippen LogP contribution in [0.25, 0.3) is 16.9 Å². The molecule has 0 saturated heterocycles. The number of nitrogens with zero attached hydrogens (tertiary/aromatic N) is 3. The molecule has 0 aliphatic carbocycles. The zero-order valence-corrected chi connectivity index (χ0v) is 14.9. The standard InChI is InChI=1S/C16H15BrN4OS/c1-22-8-7-14-19-16-12(15(18)23)5-6-13(21(16)20-14)10-3-2-4-11(17)9-10/h2-6,9H,7-8H2,1H3,(H2,18,23). The van der Waals surface area contributed by atoms with E-state index < -0.39 is 0 Å². The molecule has 0 bridgehead atoms. The Morgan fingerprint density at radius 2 is 2.17 bits per heavy atom. The second kappa shape index (κ2) is 6.74. The molecule has 7 heteroatoms. The molecule has 3 aromatic rings. The van der Waals surface area contributed by atoms with Gasteiger partial charge in [0.1, 0.15) is 4.99 Å². The van der Waals surface area contributed by atoms with Crippen molar-refractivity contribution in [3.05, 3.63) is 52.3 Å². The number of nitrogens with two attached hydrogens (primary N) is 1. The van der Waals surface area contributed by atoms with Gasteiger partial charge in [0.25, 0.3) is 0 Å². The van der Waals surface area contributed by atoms with Crippen LogP contribution in [0.4, 0.5) is 0 Å². The van der Waals surface area contributed by atoms with Crippen LogP contribution in [-0.2, 0) is 11.2 Å². The zero-order valence-electron chi connectivity index (χ0n) is 12.5. The lowest BCUT2D eigenvalue weighted by Crippen LogP contribution is -2.12. The summed E-state index contributed by atoms with van der Waals surface area (Å²) in [5.41, 5.74) is 9.16. The first-order valence-electron chi connectivity index (χ1n) is 7.03. The number of rotatable bonds is 5. The van der Waals surface area contributed by atoms with E-state index in [9.17, 15) is 0 Å². The largest absolute Gasteiger partial charge is 0.389 e. The summed E-state index contributed by atoms with van der Waals surface area (Å²) in [6.07, 6.45) is 0.632. The fourth-order valence-electron chi connectivity index (χ4n) is 2.36. The Kier molecular flexibility index (Phi) is 4.70. The molecule has 0 spiro atoms. The van der Waals surface area contributed by atoms with E-state index in [-0.39, 0.29) is 0 Å². The molecule has 2 heterocycles. The molecule has 1 aromatic carbocycles. The number of benzene rings is 1. The molecule has 0 radical (unpaired) electrons. The SMILES string of the molecule is COCCc1nc2c(C(N)=S)ccc(-c3cccc(Br)c3)n2n1. The first-order valence-corrected chi connectivity index (χ1v) is 8.23. The minimum atomic E-state index is 0.307. The minimum Gasteiger partial charge on any atom is -0.389 e. The molecule has 5 nitrogen and oxygen atoms in total. The Labute approximate surface area is 147 Å². The predicted molar refractivity (Wildman–Crippen MR) is 97.6 cm³/mol.